The highest BCUT2D eigenvalue weighted by Gasteiger charge is 2.63. The normalized spacial score (nSPS) is 34.6. The number of rotatable bonds is 4. The summed E-state index contributed by atoms with van der Waals surface area (Å²) in [4.78, 5) is 38.9. The van der Waals surface area contributed by atoms with E-state index in [2.05, 4.69) is 23.5 Å². The minimum absolute atomic E-state index is 0.105. The van der Waals surface area contributed by atoms with E-state index < -0.39 is 23.4 Å². The van der Waals surface area contributed by atoms with Crippen LogP contribution in [0.4, 0.5) is 0 Å². The summed E-state index contributed by atoms with van der Waals surface area (Å²) in [7, 11) is 0. The minimum atomic E-state index is -1.08. The van der Waals surface area contributed by atoms with Crippen LogP contribution in [0.5, 0.6) is 0 Å². The minimum Gasteiger partial charge on any atom is -0.477 e. The van der Waals surface area contributed by atoms with E-state index in [1.807, 2.05) is 26.0 Å². The van der Waals surface area contributed by atoms with Crippen molar-refractivity contribution in [2.75, 3.05) is 6.54 Å². The largest absolute Gasteiger partial charge is 0.477 e. The molecule has 4 aliphatic heterocycles. The maximum Gasteiger partial charge on any atom is 0.352 e. The molecule has 1 saturated heterocycles. The predicted molar refractivity (Wildman–Crippen MR) is 137 cm³/mol. The van der Waals surface area contributed by atoms with Crippen molar-refractivity contribution in [3.63, 3.8) is 0 Å². The highest BCUT2D eigenvalue weighted by molar-refractivity contribution is 6.00. The number of hydrogen-bond donors (Lipinski definition) is 3. The first-order valence-electron chi connectivity index (χ1n) is 13.1. The van der Waals surface area contributed by atoms with Crippen LogP contribution in [-0.2, 0) is 15.1 Å². The summed E-state index contributed by atoms with van der Waals surface area (Å²) in [5, 5.41) is 25.1. The molecule has 1 aliphatic carbocycles. The highest BCUT2D eigenvalue weighted by Crippen LogP contribution is 2.59. The molecule has 5 heterocycles. The van der Waals surface area contributed by atoms with E-state index in [1.54, 1.807) is 6.92 Å². The van der Waals surface area contributed by atoms with Gasteiger partial charge < -0.3 is 24.8 Å². The van der Waals surface area contributed by atoms with Gasteiger partial charge in [-0.15, -0.1) is 0 Å². The lowest BCUT2D eigenvalue weighted by atomic mass is 9.59. The predicted octanol–water partition coefficient (Wildman–Crippen LogP) is 3.21. The van der Waals surface area contributed by atoms with E-state index in [4.69, 9.17) is 4.42 Å². The van der Waals surface area contributed by atoms with Crippen LogP contribution in [0.15, 0.2) is 56.9 Å². The zero-order valence-electron chi connectivity index (χ0n) is 21.3. The second kappa shape index (κ2) is 8.13. The standard InChI is InChI=1S/C29H32N2O6/c1-15-13-21(33)37-20-14-18(5-6-19(15)20)29-10-8-28(9-11-29,7-4-12-30-29)23-16(2)24-22(17(3)32)26(34)31(24)25(23)27(35)36/h4-7,13-14,16-17,22,24,30,32H,8-12H2,1-3H3,(H,35,36)/b7-4+/t16-,17+,22+,24+,28?,29?/m0/s1. The number of hydrogen-bond acceptors (Lipinski definition) is 6. The van der Waals surface area contributed by atoms with Gasteiger partial charge in [-0.25, -0.2) is 9.59 Å². The van der Waals surface area contributed by atoms with Gasteiger partial charge in [-0.1, -0.05) is 31.2 Å². The fourth-order valence-corrected chi connectivity index (χ4v) is 7.62. The Bertz CT molecular complexity index is 1440. The molecule has 7 rings (SSSR count). The Balaban J connectivity index is 1.40. The van der Waals surface area contributed by atoms with Crippen molar-refractivity contribution >= 4 is 22.8 Å². The van der Waals surface area contributed by atoms with Crippen LogP contribution < -0.4 is 10.9 Å². The number of nitrogens with one attached hydrogen (secondary N) is 1. The monoisotopic (exact) mass is 504 g/mol. The Morgan fingerprint density at radius 2 is 1.92 bits per heavy atom. The molecule has 5 aliphatic rings. The average molecular weight is 505 g/mol. The Hall–Kier alpha value is -3.23. The summed E-state index contributed by atoms with van der Waals surface area (Å²) < 4.78 is 5.53. The Morgan fingerprint density at radius 1 is 1.19 bits per heavy atom. The number of aliphatic carboxylic acids is 1. The number of β-lactam (4-membered cyclic amide) rings is 1. The van der Waals surface area contributed by atoms with Crippen molar-refractivity contribution in [3.8, 4) is 0 Å². The molecular weight excluding hydrogens is 472 g/mol. The third-order valence-corrected chi connectivity index (χ3v) is 9.41. The topological polar surface area (TPSA) is 120 Å². The van der Waals surface area contributed by atoms with E-state index in [-0.39, 0.29) is 34.7 Å². The van der Waals surface area contributed by atoms with Crippen LogP contribution in [0.3, 0.4) is 0 Å². The molecule has 2 bridgehead atoms. The average Bonchev–Trinajstić information content (AvgIpc) is 3.08. The van der Waals surface area contributed by atoms with Crippen molar-refractivity contribution in [1.29, 1.82) is 0 Å². The zero-order valence-corrected chi connectivity index (χ0v) is 21.3. The highest BCUT2D eigenvalue weighted by atomic mass is 16.4. The Labute approximate surface area is 214 Å². The molecule has 2 aromatic rings. The van der Waals surface area contributed by atoms with Crippen molar-refractivity contribution in [2.45, 2.75) is 64.1 Å². The first-order chi connectivity index (χ1) is 17.6. The maximum absolute atomic E-state index is 12.9. The van der Waals surface area contributed by atoms with E-state index in [0.717, 1.165) is 47.8 Å². The fraction of sp³-hybridized carbons (Fsp3) is 0.483. The van der Waals surface area contributed by atoms with Gasteiger partial charge in [-0.2, -0.15) is 0 Å². The fourth-order valence-electron chi connectivity index (χ4n) is 7.62. The number of fused-ring (bicyclic) bond motifs is 6. The second-order valence-electron chi connectivity index (χ2n) is 11.3. The SMILES string of the molecule is Cc1cc(=O)oc2cc(C34CCC(C5=C(C(=O)O)N6C(=O)[C@H]([C@@H](C)O)[C@H]6[C@H]5C)(/C=C/CN3)CC4)ccc12. The molecule has 8 nitrogen and oxygen atoms in total. The summed E-state index contributed by atoms with van der Waals surface area (Å²) in [6.45, 7) is 6.12. The van der Waals surface area contributed by atoms with Gasteiger partial charge in [0.25, 0.3) is 0 Å². The van der Waals surface area contributed by atoms with Gasteiger partial charge in [0.15, 0.2) is 0 Å². The number of carbonyl (C=O) groups excluding carboxylic acids is 1. The quantitative estimate of drug-likeness (QED) is 0.332. The number of benzene rings is 1. The summed E-state index contributed by atoms with van der Waals surface area (Å²) in [6, 6.07) is 7.25. The molecule has 0 spiro atoms. The molecule has 37 heavy (non-hydrogen) atoms. The van der Waals surface area contributed by atoms with E-state index in [1.165, 1.54) is 11.0 Å². The van der Waals surface area contributed by atoms with Crippen molar-refractivity contribution < 1.29 is 24.2 Å². The van der Waals surface area contributed by atoms with Gasteiger partial charge in [-0.05, 0) is 62.3 Å². The molecule has 2 fully saturated rings. The van der Waals surface area contributed by atoms with Crippen LogP contribution in [0, 0.1) is 24.2 Å². The molecule has 1 saturated carbocycles. The number of carboxylic acids is 1. The van der Waals surface area contributed by atoms with Crippen molar-refractivity contribution in [3.05, 3.63) is 69.2 Å². The summed E-state index contributed by atoms with van der Waals surface area (Å²) in [5.41, 5.74) is 2.24. The molecule has 0 radical (unpaired) electrons. The number of aliphatic hydroxyl groups excluding tert-OH is 1. The molecule has 3 N–H and O–H groups in total. The van der Waals surface area contributed by atoms with Gasteiger partial charge in [0.05, 0.1) is 18.1 Å². The third-order valence-electron chi connectivity index (χ3n) is 9.41. The molecule has 1 aromatic carbocycles. The lowest BCUT2D eigenvalue weighted by Crippen LogP contribution is -2.63. The van der Waals surface area contributed by atoms with Gasteiger partial charge in [0, 0.05) is 34.9 Å². The summed E-state index contributed by atoms with van der Waals surface area (Å²) >= 11 is 0. The molecule has 1 aromatic heterocycles. The van der Waals surface area contributed by atoms with Crippen LogP contribution in [-0.4, -0.2) is 45.7 Å². The van der Waals surface area contributed by atoms with Gasteiger partial charge in [0.1, 0.15) is 11.3 Å². The van der Waals surface area contributed by atoms with Gasteiger partial charge in [0.2, 0.25) is 5.91 Å². The van der Waals surface area contributed by atoms with Crippen molar-refractivity contribution in [2.24, 2.45) is 17.3 Å². The number of carbonyl (C=O) groups is 2. The summed E-state index contributed by atoms with van der Waals surface area (Å²) in [6.07, 6.45) is 6.36. The third kappa shape index (κ3) is 3.31. The van der Waals surface area contributed by atoms with Crippen LogP contribution in [0.25, 0.3) is 11.0 Å². The van der Waals surface area contributed by atoms with E-state index in [9.17, 15) is 24.6 Å². The van der Waals surface area contributed by atoms with Crippen LogP contribution in [0.2, 0.25) is 0 Å². The Kier molecular flexibility index (Phi) is 5.30. The number of aliphatic hydroxyl groups is 1. The van der Waals surface area contributed by atoms with Crippen LogP contribution in [0.1, 0.15) is 50.7 Å². The van der Waals surface area contributed by atoms with E-state index >= 15 is 0 Å². The number of nitrogens with zero attached hydrogens (tertiary/aromatic N) is 1. The van der Waals surface area contributed by atoms with E-state index in [0.29, 0.717) is 12.1 Å². The molecule has 4 atom stereocenters. The van der Waals surface area contributed by atoms with Gasteiger partial charge >= 0.3 is 11.6 Å². The second-order valence-corrected chi connectivity index (χ2v) is 11.3. The molecular formula is C29H32N2O6. The first-order valence-corrected chi connectivity index (χ1v) is 13.1. The van der Waals surface area contributed by atoms with Gasteiger partial charge in [-0.3, -0.25) is 4.79 Å². The first kappa shape index (κ1) is 24.1. The number of amides is 1. The van der Waals surface area contributed by atoms with Crippen molar-refractivity contribution in [1.82, 2.24) is 10.2 Å². The summed E-state index contributed by atoms with van der Waals surface area (Å²) in [5.74, 6) is -2.12. The lowest BCUT2D eigenvalue weighted by Gasteiger charge is -2.49. The number of aryl methyl sites for hydroxylation is 1. The number of allylic oxidation sites excluding steroid dienone is 1. The molecule has 194 valence electrons. The zero-order chi connectivity index (χ0) is 26.3. The molecule has 0 unspecified atom stereocenters. The lowest BCUT2D eigenvalue weighted by molar-refractivity contribution is -0.163. The van der Waals surface area contributed by atoms with Crippen LogP contribution >= 0.6 is 0 Å². The Morgan fingerprint density at radius 3 is 2.59 bits per heavy atom. The molecule has 8 heteroatoms. The maximum atomic E-state index is 12.9. The smallest absolute Gasteiger partial charge is 0.352 e. The number of carboxylic acid groups (broad SMARTS) is 1. The molecule has 1 amide bonds.